The molecule has 2 rings (SSSR count). The van der Waals surface area contributed by atoms with Crippen molar-refractivity contribution in [3.05, 3.63) is 56.5 Å². The second kappa shape index (κ2) is 6.41. The van der Waals surface area contributed by atoms with Gasteiger partial charge in [0, 0.05) is 15.7 Å². The summed E-state index contributed by atoms with van der Waals surface area (Å²) in [5.41, 5.74) is 2.35. The average molecular weight is 399 g/mol. The Labute approximate surface area is 134 Å². The van der Waals surface area contributed by atoms with E-state index in [4.69, 9.17) is 4.74 Å². The molecule has 5 heteroatoms. The molecule has 0 bridgehead atoms. The van der Waals surface area contributed by atoms with Gasteiger partial charge in [-0.05, 0) is 64.8 Å². The largest absolute Gasteiger partial charge is 0.496 e. The number of amides is 1. The van der Waals surface area contributed by atoms with E-state index in [2.05, 4.69) is 37.2 Å². The van der Waals surface area contributed by atoms with Gasteiger partial charge in [0.1, 0.15) is 5.75 Å². The molecule has 0 saturated heterocycles. The molecule has 0 saturated carbocycles. The van der Waals surface area contributed by atoms with Gasteiger partial charge >= 0.3 is 0 Å². The Bertz CT molecular complexity index is 636. The summed E-state index contributed by atoms with van der Waals surface area (Å²) < 4.78 is 6.84. The van der Waals surface area contributed by atoms with E-state index in [1.165, 1.54) is 0 Å². The quantitative estimate of drug-likeness (QED) is 0.807. The Balaban J connectivity index is 2.21. The SMILES string of the molecule is COc1ccc(NC(=O)c2cc(C)cc(Br)c2)cc1Br. The minimum absolute atomic E-state index is 0.147. The lowest BCUT2D eigenvalue weighted by Crippen LogP contribution is -2.12. The normalized spacial score (nSPS) is 10.2. The first-order chi connectivity index (χ1) is 9.49. The van der Waals surface area contributed by atoms with Gasteiger partial charge in [-0.25, -0.2) is 0 Å². The first-order valence-corrected chi connectivity index (χ1v) is 7.50. The minimum Gasteiger partial charge on any atom is -0.496 e. The van der Waals surface area contributed by atoms with Crippen LogP contribution in [0.3, 0.4) is 0 Å². The van der Waals surface area contributed by atoms with E-state index in [1.807, 2.05) is 25.1 Å². The van der Waals surface area contributed by atoms with E-state index in [-0.39, 0.29) is 5.91 Å². The maximum Gasteiger partial charge on any atom is 0.255 e. The molecule has 0 radical (unpaired) electrons. The fourth-order valence-electron chi connectivity index (χ4n) is 1.81. The number of hydrogen-bond donors (Lipinski definition) is 1. The molecule has 0 aliphatic rings. The average Bonchev–Trinajstić information content (AvgIpc) is 2.37. The number of anilines is 1. The van der Waals surface area contributed by atoms with Crippen LogP contribution >= 0.6 is 31.9 Å². The van der Waals surface area contributed by atoms with Crippen molar-refractivity contribution in [2.24, 2.45) is 0 Å². The van der Waals surface area contributed by atoms with Gasteiger partial charge in [0.15, 0.2) is 0 Å². The summed E-state index contributed by atoms with van der Waals surface area (Å²) in [6.07, 6.45) is 0. The molecular formula is C15H13Br2NO2. The van der Waals surface area contributed by atoms with Crippen LogP contribution in [0.2, 0.25) is 0 Å². The fourth-order valence-corrected chi connectivity index (χ4v) is 2.96. The van der Waals surface area contributed by atoms with Crippen molar-refractivity contribution in [2.45, 2.75) is 6.92 Å². The van der Waals surface area contributed by atoms with Crippen LogP contribution in [-0.2, 0) is 0 Å². The van der Waals surface area contributed by atoms with Crippen molar-refractivity contribution in [1.29, 1.82) is 0 Å². The monoisotopic (exact) mass is 397 g/mol. The molecule has 0 aliphatic carbocycles. The predicted molar refractivity (Wildman–Crippen MR) is 87.5 cm³/mol. The zero-order chi connectivity index (χ0) is 14.7. The number of aryl methyl sites for hydroxylation is 1. The van der Waals surface area contributed by atoms with Crippen LogP contribution in [0.5, 0.6) is 5.75 Å². The molecule has 1 N–H and O–H groups in total. The highest BCUT2D eigenvalue weighted by molar-refractivity contribution is 9.10. The molecule has 20 heavy (non-hydrogen) atoms. The van der Waals surface area contributed by atoms with Crippen molar-refractivity contribution in [3.63, 3.8) is 0 Å². The van der Waals surface area contributed by atoms with Crippen LogP contribution in [-0.4, -0.2) is 13.0 Å². The number of nitrogens with one attached hydrogen (secondary N) is 1. The molecule has 2 aromatic carbocycles. The van der Waals surface area contributed by atoms with Gasteiger partial charge in [0.25, 0.3) is 5.91 Å². The number of halogens is 2. The zero-order valence-electron chi connectivity index (χ0n) is 11.0. The molecule has 0 unspecified atom stereocenters. The van der Waals surface area contributed by atoms with E-state index in [1.54, 1.807) is 25.3 Å². The lowest BCUT2D eigenvalue weighted by Gasteiger charge is -2.09. The number of carbonyl (C=O) groups is 1. The Kier molecular flexibility index (Phi) is 4.83. The van der Waals surface area contributed by atoms with E-state index < -0.39 is 0 Å². The highest BCUT2D eigenvalue weighted by Gasteiger charge is 2.09. The molecule has 0 aliphatic heterocycles. The summed E-state index contributed by atoms with van der Waals surface area (Å²) in [4.78, 5) is 12.2. The highest BCUT2D eigenvalue weighted by Crippen LogP contribution is 2.28. The molecule has 0 spiro atoms. The van der Waals surface area contributed by atoms with Crippen LogP contribution in [0.4, 0.5) is 5.69 Å². The van der Waals surface area contributed by atoms with Gasteiger partial charge in [-0.15, -0.1) is 0 Å². The zero-order valence-corrected chi connectivity index (χ0v) is 14.2. The second-order valence-electron chi connectivity index (χ2n) is 4.32. The van der Waals surface area contributed by atoms with Crippen molar-refractivity contribution < 1.29 is 9.53 Å². The summed E-state index contributed by atoms with van der Waals surface area (Å²) in [6.45, 7) is 1.95. The molecule has 0 heterocycles. The van der Waals surface area contributed by atoms with Crippen molar-refractivity contribution in [2.75, 3.05) is 12.4 Å². The molecule has 0 aromatic heterocycles. The number of benzene rings is 2. The van der Waals surface area contributed by atoms with E-state index in [0.717, 1.165) is 20.3 Å². The maximum absolute atomic E-state index is 12.2. The third kappa shape index (κ3) is 3.61. The summed E-state index contributed by atoms with van der Waals surface area (Å²) in [5, 5.41) is 2.86. The number of methoxy groups -OCH3 is 1. The van der Waals surface area contributed by atoms with Gasteiger partial charge < -0.3 is 10.1 Å². The smallest absolute Gasteiger partial charge is 0.255 e. The van der Waals surface area contributed by atoms with Gasteiger partial charge in [-0.2, -0.15) is 0 Å². The van der Waals surface area contributed by atoms with E-state index in [0.29, 0.717) is 11.3 Å². The molecule has 2 aromatic rings. The number of ether oxygens (including phenoxy) is 1. The molecule has 0 fully saturated rings. The first kappa shape index (κ1) is 15.1. The topological polar surface area (TPSA) is 38.3 Å². The summed E-state index contributed by atoms with van der Waals surface area (Å²) in [6, 6.07) is 11.0. The summed E-state index contributed by atoms with van der Waals surface area (Å²) >= 11 is 6.79. The van der Waals surface area contributed by atoms with Gasteiger partial charge in [-0.3, -0.25) is 4.79 Å². The molecule has 1 amide bonds. The standard InChI is InChI=1S/C15H13Br2NO2/c1-9-5-10(7-11(16)6-9)15(19)18-12-3-4-14(20-2)13(17)8-12/h3-8H,1-2H3,(H,18,19). The van der Waals surface area contributed by atoms with Gasteiger partial charge in [-0.1, -0.05) is 15.9 Å². The van der Waals surface area contributed by atoms with Crippen molar-refractivity contribution in [1.82, 2.24) is 0 Å². The lowest BCUT2D eigenvalue weighted by molar-refractivity contribution is 0.102. The van der Waals surface area contributed by atoms with E-state index >= 15 is 0 Å². The molecular weight excluding hydrogens is 386 g/mol. The second-order valence-corrected chi connectivity index (χ2v) is 6.09. The van der Waals surface area contributed by atoms with Gasteiger partial charge in [0.2, 0.25) is 0 Å². The van der Waals surface area contributed by atoms with E-state index in [9.17, 15) is 4.79 Å². The minimum atomic E-state index is -0.147. The molecule has 0 atom stereocenters. The molecule has 3 nitrogen and oxygen atoms in total. The van der Waals surface area contributed by atoms with Crippen LogP contribution in [0.15, 0.2) is 45.3 Å². The number of rotatable bonds is 3. The fraction of sp³-hybridized carbons (Fsp3) is 0.133. The first-order valence-electron chi connectivity index (χ1n) is 5.91. The Hall–Kier alpha value is -1.33. The maximum atomic E-state index is 12.2. The van der Waals surface area contributed by atoms with Crippen molar-refractivity contribution >= 4 is 43.5 Å². The van der Waals surface area contributed by atoms with Crippen LogP contribution in [0, 0.1) is 6.92 Å². The number of carbonyl (C=O) groups excluding carboxylic acids is 1. The Morgan fingerprint density at radius 1 is 1.15 bits per heavy atom. The molecule has 104 valence electrons. The Morgan fingerprint density at radius 3 is 2.50 bits per heavy atom. The van der Waals surface area contributed by atoms with Crippen molar-refractivity contribution in [3.8, 4) is 5.75 Å². The predicted octanol–water partition coefficient (Wildman–Crippen LogP) is 4.78. The Morgan fingerprint density at radius 2 is 1.90 bits per heavy atom. The third-order valence-corrected chi connectivity index (χ3v) is 3.79. The third-order valence-electron chi connectivity index (χ3n) is 2.71. The lowest BCUT2D eigenvalue weighted by atomic mass is 10.1. The summed E-state index contributed by atoms with van der Waals surface area (Å²) in [5.74, 6) is 0.577. The van der Waals surface area contributed by atoms with Crippen LogP contribution < -0.4 is 10.1 Å². The highest BCUT2D eigenvalue weighted by atomic mass is 79.9. The number of hydrogen-bond acceptors (Lipinski definition) is 2. The van der Waals surface area contributed by atoms with Gasteiger partial charge in [0.05, 0.1) is 11.6 Å². The van der Waals surface area contributed by atoms with Crippen LogP contribution in [0.1, 0.15) is 15.9 Å². The van der Waals surface area contributed by atoms with Crippen LogP contribution in [0.25, 0.3) is 0 Å². The summed E-state index contributed by atoms with van der Waals surface area (Å²) in [7, 11) is 1.60.